The first-order valence-electron chi connectivity index (χ1n) is 19.5. The van der Waals surface area contributed by atoms with Crippen molar-refractivity contribution in [2.45, 2.75) is 159 Å². The van der Waals surface area contributed by atoms with Crippen LogP contribution in [0.4, 0.5) is 0 Å². The molecule has 4 saturated heterocycles. The van der Waals surface area contributed by atoms with Crippen LogP contribution >= 0.6 is 0 Å². The quantitative estimate of drug-likeness (QED) is 0.272. The van der Waals surface area contributed by atoms with Gasteiger partial charge in [0.15, 0.2) is 12.1 Å². The average molecular weight is 747 g/mol. The molecule has 0 aromatic carbocycles. The molecule has 6 rings (SSSR count). The van der Waals surface area contributed by atoms with Gasteiger partial charge in [-0.05, 0) is 49.8 Å². The Hall–Kier alpha value is -1.97. The van der Waals surface area contributed by atoms with Gasteiger partial charge in [0.05, 0.1) is 43.2 Å². The van der Waals surface area contributed by atoms with E-state index in [1.54, 1.807) is 20.3 Å². The number of hydrogen-bond donors (Lipinski definition) is 3. The molecule has 2 bridgehead atoms. The molecule has 16 atom stereocenters. The molecular weight excluding hydrogens is 684 g/mol. The first-order chi connectivity index (χ1) is 25.1. The standard InChI is InChI=1S/C41H62O12/c1-21(2)35-25(6)31(42)19-40(53-35)18-29-16-28(52-40)14-13-23(4)36(51-33-17-32(46-8)34(43)26(7)49-33)22(3)11-10-12-27-20-48-38-37(47-9)24(5)15-30(39(44)50-29)41(27,38)45/h10-13,15,21-22,25-26,28-38,42-43,45H,14,16-20H2,1-9H3. The number of rotatable bonds is 5. The maximum Gasteiger partial charge on any atom is 0.316 e. The predicted molar refractivity (Wildman–Crippen MR) is 194 cm³/mol. The van der Waals surface area contributed by atoms with Gasteiger partial charge >= 0.3 is 5.97 Å². The van der Waals surface area contributed by atoms with Crippen molar-refractivity contribution >= 4 is 5.97 Å². The molecule has 0 saturated carbocycles. The molecule has 1 spiro atoms. The van der Waals surface area contributed by atoms with Crippen molar-refractivity contribution in [2.24, 2.45) is 23.7 Å². The van der Waals surface area contributed by atoms with Gasteiger partial charge in [-0.25, -0.2) is 0 Å². The molecule has 12 nitrogen and oxygen atoms in total. The van der Waals surface area contributed by atoms with E-state index in [0.717, 1.165) is 11.1 Å². The van der Waals surface area contributed by atoms with E-state index in [0.29, 0.717) is 24.8 Å². The average Bonchev–Trinajstić information content (AvgIpc) is 3.44. The summed E-state index contributed by atoms with van der Waals surface area (Å²) in [5, 5.41) is 34.5. The van der Waals surface area contributed by atoms with Crippen LogP contribution in [0.5, 0.6) is 0 Å². The van der Waals surface area contributed by atoms with Gasteiger partial charge in [-0.3, -0.25) is 4.79 Å². The minimum absolute atomic E-state index is 0.0999. The third kappa shape index (κ3) is 8.01. The Bertz CT molecular complexity index is 1440. The minimum Gasteiger partial charge on any atom is -0.462 e. The van der Waals surface area contributed by atoms with Crippen molar-refractivity contribution in [1.82, 2.24) is 0 Å². The van der Waals surface area contributed by atoms with E-state index in [-0.39, 0.29) is 43.3 Å². The Morgan fingerprint density at radius 3 is 2.42 bits per heavy atom. The molecule has 1 aliphatic carbocycles. The van der Waals surface area contributed by atoms with Gasteiger partial charge in [0.1, 0.15) is 35.9 Å². The van der Waals surface area contributed by atoms with E-state index in [4.69, 9.17) is 37.9 Å². The summed E-state index contributed by atoms with van der Waals surface area (Å²) >= 11 is 0. The summed E-state index contributed by atoms with van der Waals surface area (Å²) in [7, 11) is 3.15. The molecule has 16 unspecified atom stereocenters. The fourth-order valence-corrected chi connectivity index (χ4v) is 9.46. The zero-order valence-electron chi connectivity index (χ0n) is 32.8. The molecule has 4 fully saturated rings. The number of carbonyl (C=O) groups excluding carboxylic acids is 1. The lowest BCUT2D eigenvalue weighted by Gasteiger charge is -2.52. The van der Waals surface area contributed by atoms with Gasteiger partial charge in [-0.1, -0.05) is 58.1 Å². The topological polar surface area (TPSA) is 152 Å². The van der Waals surface area contributed by atoms with E-state index in [9.17, 15) is 20.1 Å². The molecule has 12 heteroatoms. The summed E-state index contributed by atoms with van der Waals surface area (Å²) in [5.74, 6) is -2.91. The highest BCUT2D eigenvalue weighted by Gasteiger charge is 2.61. The first-order valence-corrected chi connectivity index (χ1v) is 19.5. The first kappa shape index (κ1) is 40.7. The lowest BCUT2D eigenvalue weighted by atomic mass is 9.70. The predicted octanol–water partition coefficient (Wildman–Crippen LogP) is 4.30. The molecule has 0 aromatic rings. The second-order valence-electron chi connectivity index (χ2n) is 16.7. The smallest absolute Gasteiger partial charge is 0.316 e. The molecule has 5 aliphatic heterocycles. The van der Waals surface area contributed by atoms with Crippen molar-refractivity contribution in [3.63, 3.8) is 0 Å². The number of aliphatic hydroxyl groups is 3. The van der Waals surface area contributed by atoms with E-state index in [2.05, 4.69) is 26.8 Å². The largest absolute Gasteiger partial charge is 0.462 e. The highest BCUT2D eigenvalue weighted by atomic mass is 16.7. The van der Waals surface area contributed by atoms with Crippen LogP contribution in [-0.2, 0) is 42.7 Å². The Morgan fingerprint density at radius 2 is 1.72 bits per heavy atom. The van der Waals surface area contributed by atoms with Crippen molar-refractivity contribution in [3.05, 3.63) is 47.1 Å². The van der Waals surface area contributed by atoms with Gasteiger partial charge in [0.25, 0.3) is 0 Å². The van der Waals surface area contributed by atoms with Crippen LogP contribution in [-0.4, -0.2) is 121 Å². The molecule has 0 amide bonds. The lowest BCUT2D eigenvalue weighted by Crippen LogP contribution is -2.60. The molecule has 5 heterocycles. The fraction of sp³-hybridized carbons (Fsp3) is 0.780. The number of allylic oxidation sites excluding steroid dienone is 2. The summed E-state index contributed by atoms with van der Waals surface area (Å²) in [4.78, 5) is 14.3. The summed E-state index contributed by atoms with van der Waals surface area (Å²) in [6, 6.07) is 0. The molecule has 53 heavy (non-hydrogen) atoms. The summed E-state index contributed by atoms with van der Waals surface area (Å²) in [6.45, 7) is 14.0. The van der Waals surface area contributed by atoms with Crippen LogP contribution in [0.1, 0.15) is 80.6 Å². The molecule has 6 aliphatic rings. The Kier molecular flexibility index (Phi) is 12.5. The maximum atomic E-state index is 14.3. The zero-order chi connectivity index (χ0) is 38.4. The second-order valence-corrected chi connectivity index (χ2v) is 16.7. The third-order valence-electron chi connectivity index (χ3n) is 12.5. The van der Waals surface area contributed by atoms with E-state index >= 15 is 0 Å². The number of hydrogen-bond acceptors (Lipinski definition) is 12. The number of esters is 1. The van der Waals surface area contributed by atoms with Crippen LogP contribution in [0.15, 0.2) is 47.1 Å². The summed E-state index contributed by atoms with van der Waals surface area (Å²) < 4.78 is 50.3. The van der Waals surface area contributed by atoms with Gasteiger partial charge in [-0.15, -0.1) is 0 Å². The van der Waals surface area contributed by atoms with Crippen LogP contribution in [0, 0.1) is 23.7 Å². The van der Waals surface area contributed by atoms with Crippen molar-refractivity contribution < 1.29 is 58.0 Å². The van der Waals surface area contributed by atoms with Gasteiger partial charge in [0, 0.05) is 51.7 Å². The fourth-order valence-electron chi connectivity index (χ4n) is 9.46. The molecule has 298 valence electrons. The summed E-state index contributed by atoms with van der Waals surface area (Å²) in [6.07, 6.45) is 5.24. The highest BCUT2D eigenvalue weighted by molar-refractivity contribution is 5.78. The Morgan fingerprint density at radius 1 is 0.962 bits per heavy atom. The van der Waals surface area contributed by atoms with Crippen LogP contribution in [0.25, 0.3) is 0 Å². The number of carbonyl (C=O) groups is 1. The van der Waals surface area contributed by atoms with E-state index in [1.807, 2.05) is 45.9 Å². The lowest BCUT2D eigenvalue weighted by molar-refractivity contribution is -0.353. The Balaban J connectivity index is 1.39. The van der Waals surface area contributed by atoms with Crippen molar-refractivity contribution in [3.8, 4) is 0 Å². The van der Waals surface area contributed by atoms with Crippen LogP contribution in [0.2, 0.25) is 0 Å². The van der Waals surface area contributed by atoms with Crippen LogP contribution < -0.4 is 0 Å². The van der Waals surface area contributed by atoms with E-state index < -0.39 is 84.5 Å². The minimum atomic E-state index is -1.71. The van der Waals surface area contributed by atoms with Crippen LogP contribution in [0.3, 0.4) is 0 Å². The van der Waals surface area contributed by atoms with Crippen molar-refractivity contribution in [1.29, 1.82) is 0 Å². The second kappa shape index (κ2) is 16.3. The van der Waals surface area contributed by atoms with Gasteiger partial charge in [-0.2, -0.15) is 0 Å². The highest BCUT2D eigenvalue weighted by Crippen LogP contribution is 2.48. The van der Waals surface area contributed by atoms with Gasteiger partial charge in [0.2, 0.25) is 0 Å². The summed E-state index contributed by atoms with van der Waals surface area (Å²) in [5.41, 5.74) is 0.562. The molecule has 3 N–H and O–H groups in total. The molecular formula is C41H62O12. The number of ether oxygens (including phenoxy) is 8. The normalized spacial score (nSPS) is 46.7. The number of aliphatic hydroxyl groups excluding tert-OH is 2. The molecule has 0 aromatic heterocycles. The monoisotopic (exact) mass is 746 g/mol. The van der Waals surface area contributed by atoms with Gasteiger partial charge < -0.3 is 53.2 Å². The maximum absolute atomic E-state index is 14.3. The van der Waals surface area contributed by atoms with Crippen molar-refractivity contribution in [2.75, 3.05) is 20.8 Å². The SMILES string of the molecule is COC1CC(OC2C(C)=CCC3CC(CC4(CC(O)C(C)C(C(C)C)O4)O3)OC(=O)C3C=C(C)C(OC)C4OCC(=CC=CC2C)C34O)OC(C)C1O. The zero-order valence-corrected chi connectivity index (χ0v) is 32.8. The number of methoxy groups -OCH3 is 2. The number of fused-ring (bicyclic) bond motifs is 2. The third-order valence-corrected chi connectivity index (χ3v) is 12.5. The van der Waals surface area contributed by atoms with E-state index in [1.165, 1.54) is 0 Å². The molecule has 0 radical (unpaired) electrons. The Labute approximate surface area is 314 Å².